The number of amides is 4. The number of carbonyl (C=O) groups excluding carboxylic acids is 4. The monoisotopic (exact) mass is 1370 g/mol. The van der Waals surface area contributed by atoms with Gasteiger partial charge in [-0.05, 0) is 189 Å². The number of halogens is 3. The third kappa shape index (κ3) is 15.1. The van der Waals surface area contributed by atoms with Crippen molar-refractivity contribution in [2.45, 2.75) is 141 Å². The standard InChI is InChI=1S/C38H42Cl2N6O3.C38H43ClN6O3/c1-23(2)25-14-16-38(17-15-25)43-33(29-18-31(39)35(32(40)19-29)49-22-24-6-4-3-5-7-24)37(48)46(38)34(26-8-9-26)27-10-12-28(13-11-27)36(47)41-20-30-21-42-45-44-30;1-24(2)26-16-18-38(19-17-26)42-34(30-14-15-33(32(39)20-30)48-23-25-6-4-3-5-7-25)37(47)45(38)35(27-8-9-27)28-10-12-29(13-11-28)36(46)40-21-31-22-41-44-43-31/h3-7,10-13,18-19,23,25-26,34,42,45H,8-9,14-17,20-22H2,1-2H3,(H,41,47);3-7,10-15,20,24,26-27,35,41,44H,8-9,16-19,21-23H2,1-2H3,(H,40,46)/t25?,34-,38?;26?,35-,38?/m11/s1. The molecule has 4 fully saturated rings. The highest BCUT2D eigenvalue weighted by atomic mass is 35.5. The number of ether oxygens (including phenoxy) is 2. The largest absolute Gasteiger partial charge is 0.487 e. The Balaban J connectivity index is 0.000000175. The van der Waals surface area contributed by atoms with Crippen molar-refractivity contribution in [2.24, 2.45) is 55.7 Å². The first kappa shape index (κ1) is 67.4. The van der Waals surface area contributed by atoms with Crippen LogP contribution >= 0.6 is 34.8 Å². The predicted octanol–water partition coefficient (Wildman–Crippen LogP) is 13.5. The van der Waals surface area contributed by atoms with Gasteiger partial charge in [0, 0.05) is 22.3 Å². The predicted molar refractivity (Wildman–Crippen MR) is 381 cm³/mol. The Morgan fingerprint density at radius 2 is 0.928 bits per heavy atom. The maximum absolute atomic E-state index is 14.7. The Labute approximate surface area is 582 Å². The van der Waals surface area contributed by atoms with E-state index in [2.05, 4.69) is 80.3 Å². The van der Waals surface area contributed by atoms with Gasteiger partial charge in [0.15, 0.2) is 5.75 Å². The fourth-order valence-corrected chi connectivity index (χ4v) is 15.6. The van der Waals surface area contributed by atoms with Gasteiger partial charge in [0.1, 0.15) is 41.7 Å². The zero-order valence-corrected chi connectivity index (χ0v) is 57.7. The van der Waals surface area contributed by atoms with Gasteiger partial charge in [0.2, 0.25) is 0 Å². The van der Waals surface area contributed by atoms with E-state index in [0.717, 1.165) is 111 Å². The van der Waals surface area contributed by atoms with Crippen LogP contribution in [0.3, 0.4) is 0 Å². The molecule has 8 aliphatic rings. The SMILES string of the molecule is CC(C)C1CCC2(CC1)N=C(c1cc(Cl)c(OCc3ccccc3)c(Cl)c1)C(=O)N2[C@@H](c1ccc(C(=O)NCC2=NNNC2)cc1)C1CC1.CC(C)C1CCC2(CC1)N=C(c1ccc(OCc3ccccc3)c(Cl)c1)C(=O)N2[C@@H](c1ccc(C(=O)NCC2=NNNC2)cc1)C1CC1. The number of benzene rings is 6. The van der Waals surface area contributed by atoms with E-state index in [1.165, 1.54) is 0 Å². The summed E-state index contributed by atoms with van der Waals surface area (Å²) < 4.78 is 12.1. The number of nitrogens with zero attached hydrogens (tertiary/aromatic N) is 6. The van der Waals surface area contributed by atoms with Crippen LogP contribution in [0, 0.1) is 35.5 Å². The van der Waals surface area contributed by atoms with E-state index < -0.39 is 11.3 Å². The lowest BCUT2D eigenvalue weighted by Gasteiger charge is -2.46. The molecular formula is C76H85Cl3N12O6. The molecule has 4 heterocycles. The van der Waals surface area contributed by atoms with Crippen molar-refractivity contribution in [1.82, 2.24) is 42.4 Å². The molecule has 4 aliphatic heterocycles. The van der Waals surface area contributed by atoms with E-state index in [4.69, 9.17) is 54.3 Å². The van der Waals surface area contributed by atoms with Gasteiger partial charge in [-0.1, -0.05) is 147 Å². The summed E-state index contributed by atoms with van der Waals surface area (Å²) >= 11 is 20.3. The average molecular weight is 1370 g/mol. The summed E-state index contributed by atoms with van der Waals surface area (Å²) in [5.74, 6) is 3.50. The van der Waals surface area contributed by atoms with Gasteiger partial charge in [-0.15, -0.1) is 0 Å². The molecule has 0 radical (unpaired) electrons. The summed E-state index contributed by atoms with van der Waals surface area (Å²) in [5, 5.41) is 15.2. The number of carbonyl (C=O) groups is 4. The van der Waals surface area contributed by atoms with Gasteiger partial charge >= 0.3 is 0 Å². The van der Waals surface area contributed by atoms with Gasteiger partial charge in [-0.3, -0.25) is 29.2 Å². The lowest BCUT2D eigenvalue weighted by Crippen LogP contribution is -2.51. The highest BCUT2D eigenvalue weighted by molar-refractivity contribution is 6.48. The van der Waals surface area contributed by atoms with Crippen LogP contribution in [0.1, 0.15) is 171 Å². The van der Waals surface area contributed by atoms with Crippen LogP contribution in [-0.4, -0.2) is 93.8 Å². The molecule has 506 valence electrons. The molecule has 14 rings (SSSR count). The minimum atomic E-state index is -0.660. The summed E-state index contributed by atoms with van der Waals surface area (Å²) in [4.78, 5) is 70.1. The van der Waals surface area contributed by atoms with Crippen molar-refractivity contribution in [3.63, 3.8) is 0 Å². The second-order valence-electron chi connectivity index (χ2n) is 27.8. The molecule has 6 aromatic carbocycles. The molecule has 0 saturated heterocycles. The Morgan fingerprint density at radius 3 is 1.32 bits per heavy atom. The minimum Gasteiger partial charge on any atom is -0.487 e. The Kier molecular flexibility index (Phi) is 20.5. The molecule has 18 nitrogen and oxygen atoms in total. The highest BCUT2D eigenvalue weighted by Gasteiger charge is 2.57. The summed E-state index contributed by atoms with van der Waals surface area (Å²) in [6.45, 7) is 11.8. The molecule has 4 saturated carbocycles. The normalized spacial score (nSPS) is 22.7. The van der Waals surface area contributed by atoms with Gasteiger partial charge in [0.05, 0.1) is 64.8 Å². The lowest BCUT2D eigenvalue weighted by atomic mass is 9.76. The van der Waals surface area contributed by atoms with Crippen molar-refractivity contribution in [1.29, 1.82) is 0 Å². The molecule has 6 N–H and O–H groups in total. The van der Waals surface area contributed by atoms with Crippen LogP contribution in [-0.2, 0) is 22.8 Å². The second-order valence-corrected chi connectivity index (χ2v) is 29.0. The van der Waals surface area contributed by atoms with Crippen molar-refractivity contribution >= 4 is 81.3 Å². The van der Waals surface area contributed by atoms with Crippen LogP contribution < -0.4 is 42.0 Å². The van der Waals surface area contributed by atoms with Gasteiger partial charge in [-0.2, -0.15) is 10.2 Å². The van der Waals surface area contributed by atoms with E-state index in [0.29, 0.717) is 135 Å². The van der Waals surface area contributed by atoms with Crippen molar-refractivity contribution in [3.8, 4) is 11.5 Å². The lowest BCUT2D eigenvalue weighted by molar-refractivity contribution is -0.134. The van der Waals surface area contributed by atoms with E-state index in [1.54, 1.807) is 12.1 Å². The number of hydrogen-bond acceptors (Lipinski definition) is 14. The summed E-state index contributed by atoms with van der Waals surface area (Å²) in [6, 6.07) is 44.0. The number of hydrazone groups is 2. The Morgan fingerprint density at radius 1 is 0.515 bits per heavy atom. The highest BCUT2D eigenvalue weighted by Crippen LogP contribution is 2.55. The quantitative estimate of drug-likeness (QED) is 0.0378. The number of hydrogen-bond donors (Lipinski definition) is 6. The Bertz CT molecular complexity index is 3970. The summed E-state index contributed by atoms with van der Waals surface area (Å²) in [6.07, 6.45) is 11.5. The zero-order valence-electron chi connectivity index (χ0n) is 55.4. The van der Waals surface area contributed by atoms with Crippen LogP contribution in [0.5, 0.6) is 11.5 Å². The average Bonchev–Trinajstić information content (AvgIpc) is 1.52. The van der Waals surface area contributed by atoms with E-state index in [9.17, 15) is 19.2 Å². The molecule has 4 amide bonds. The summed E-state index contributed by atoms with van der Waals surface area (Å²) in [5.41, 5.74) is 19.0. The zero-order chi connectivity index (χ0) is 67.4. The van der Waals surface area contributed by atoms with Crippen molar-refractivity contribution < 1.29 is 28.7 Å². The number of nitrogens with one attached hydrogen (secondary N) is 6. The smallest absolute Gasteiger partial charge is 0.275 e. The molecule has 0 bridgehead atoms. The maximum Gasteiger partial charge on any atom is 0.275 e. The van der Waals surface area contributed by atoms with Crippen LogP contribution in [0.2, 0.25) is 15.1 Å². The number of rotatable bonds is 22. The summed E-state index contributed by atoms with van der Waals surface area (Å²) in [7, 11) is 0. The van der Waals surface area contributed by atoms with Gasteiger partial charge < -0.3 is 29.9 Å². The van der Waals surface area contributed by atoms with E-state index in [1.807, 2.05) is 127 Å². The first-order chi connectivity index (χ1) is 47.0. The molecule has 4 aliphatic carbocycles. The molecule has 6 aromatic rings. The molecule has 21 heteroatoms. The van der Waals surface area contributed by atoms with Gasteiger partial charge in [-0.25, -0.2) is 21.9 Å². The maximum atomic E-state index is 14.7. The van der Waals surface area contributed by atoms with E-state index in [-0.39, 0.29) is 35.7 Å². The van der Waals surface area contributed by atoms with Crippen LogP contribution in [0.15, 0.2) is 160 Å². The third-order valence-electron chi connectivity index (χ3n) is 20.7. The molecule has 0 unspecified atom stereocenters. The number of hydrazine groups is 2. The van der Waals surface area contributed by atoms with E-state index >= 15 is 0 Å². The molecular weight excluding hydrogens is 1280 g/mol. The fraction of sp³-hybridized carbons (Fsp3) is 0.421. The second kappa shape index (κ2) is 29.5. The topological polar surface area (TPSA) is 215 Å². The van der Waals surface area contributed by atoms with Crippen LogP contribution in [0.25, 0.3) is 0 Å². The molecule has 97 heavy (non-hydrogen) atoms. The first-order valence-electron chi connectivity index (χ1n) is 34.4. The third-order valence-corrected chi connectivity index (χ3v) is 21.5. The number of aliphatic imine (C=N–C) groups is 2. The van der Waals surface area contributed by atoms with Crippen molar-refractivity contribution in [2.75, 3.05) is 26.2 Å². The fourth-order valence-electron chi connectivity index (χ4n) is 14.8. The molecule has 0 aromatic heterocycles. The van der Waals surface area contributed by atoms with Crippen molar-refractivity contribution in [3.05, 3.63) is 199 Å². The van der Waals surface area contributed by atoms with Crippen LogP contribution in [0.4, 0.5) is 0 Å². The molecule has 2 atom stereocenters. The first-order valence-corrected chi connectivity index (χ1v) is 35.5. The van der Waals surface area contributed by atoms with Gasteiger partial charge in [0.25, 0.3) is 23.6 Å². The Hall–Kier alpha value is -8.13. The minimum absolute atomic E-state index is 0.0507. The molecule has 2 spiro atoms.